The predicted octanol–water partition coefficient (Wildman–Crippen LogP) is 5.45. The molecule has 162 valence electrons. The van der Waals surface area contributed by atoms with Gasteiger partial charge >= 0.3 is 0 Å². The average molecular weight is 418 g/mol. The third kappa shape index (κ3) is 5.05. The maximum Gasteiger partial charge on any atom is 0.257 e. The zero-order valence-corrected chi connectivity index (χ0v) is 19.2. The summed E-state index contributed by atoms with van der Waals surface area (Å²) in [6, 6.07) is 18.0. The molecule has 0 unspecified atom stereocenters. The smallest absolute Gasteiger partial charge is 0.257 e. The van der Waals surface area contributed by atoms with Gasteiger partial charge in [0.2, 0.25) is 5.91 Å². The first-order valence-corrected chi connectivity index (χ1v) is 10.6. The van der Waals surface area contributed by atoms with Crippen molar-refractivity contribution in [2.45, 2.75) is 47.1 Å². The molecule has 0 aliphatic rings. The molecule has 3 aromatic rings. The lowest BCUT2D eigenvalue weighted by Crippen LogP contribution is -2.23. The van der Waals surface area contributed by atoms with Crippen LogP contribution in [0.1, 0.15) is 59.6 Å². The Morgan fingerprint density at radius 3 is 2.42 bits per heavy atom. The number of aromatic nitrogens is 1. The summed E-state index contributed by atoms with van der Waals surface area (Å²) in [6.07, 6.45) is 0. The number of anilines is 1. The first-order valence-electron chi connectivity index (χ1n) is 10.6. The Labute approximate surface area is 184 Å². The van der Waals surface area contributed by atoms with Crippen LogP contribution in [0.25, 0.3) is 5.69 Å². The topological polar surface area (TPSA) is 54.3 Å². The fourth-order valence-electron chi connectivity index (χ4n) is 3.74. The van der Waals surface area contributed by atoms with Gasteiger partial charge in [0.15, 0.2) is 0 Å². The molecule has 0 spiro atoms. The molecule has 1 heterocycles. The van der Waals surface area contributed by atoms with Crippen molar-refractivity contribution < 1.29 is 9.59 Å². The lowest BCUT2D eigenvalue weighted by atomic mass is 10.0. The number of amides is 2. The molecule has 5 nitrogen and oxygen atoms in total. The molecule has 0 saturated carbocycles. The first-order chi connectivity index (χ1) is 14.7. The molecule has 2 amide bonds. The Kier molecular flexibility index (Phi) is 6.64. The van der Waals surface area contributed by atoms with Crippen molar-refractivity contribution >= 4 is 17.5 Å². The van der Waals surface area contributed by atoms with E-state index in [9.17, 15) is 9.59 Å². The Morgan fingerprint density at radius 2 is 1.74 bits per heavy atom. The van der Waals surface area contributed by atoms with Crippen LogP contribution in [0.15, 0.2) is 54.6 Å². The van der Waals surface area contributed by atoms with Crippen LogP contribution < -0.4 is 5.32 Å². The molecule has 2 aromatic carbocycles. The van der Waals surface area contributed by atoms with Gasteiger partial charge in [-0.3, -0.25) is 9.59 Å². The van der Waals surface area contributed by atoms with Gasteiger partial charge in [-0.1, -0.05) is 38.1 Å². The van der Waals surface area contributed by atoms with E-state index in [1.54, 1.807) is 11.9 Å². The quantitative estimate of drug-likeness (QED) is 0.580. The maximum absolute atomic E-state index is 13.1. The van der Waals surface area contributed by atoms with Crippen LogP contribution >= 0.6 is 0 Å². The molecular weight excluding hydrogens is 386 g/mol. The fraction of sp³-hybridized carbons (Fsp3) is 0.308. The molecule has 3 rings (SSSR count). The largest absolute Gasteiger partial charge is 0.342 e. The predicted molar refractivity (Wildman–Crippen MR) is 126 cm³/mol. The second-order valence-electron chi connectivity index (χ2n) is 8.40. The molecule has 0 atom stereocenters. The van der Waals surface area contributed by atoms with Crippen molar-refractivity contribution in [2.24, 2.45) is 0 Å². The number of benzene rings is 2. The van der Waals surface area contributed by atoms with Gasteiger partial charge in [-0.15, -0.1) is 0 Å². The third-order valence-corrected chi connectivity index (χ3v) is 5.61. The van der Waals surface area contributed by atoms with Crippen molar-refractivity contribution in [3.63, 3.8) is 0 Å². The highest BCUT2D eigenvalue weighted by molar-refractivity contribution is 6.05. The van der Waals surface area contributed by atoms with E-state index in [2.05, 4.69) is 48.0 Å². The van der Waals surface area contributed by atoms with E-state index < -0.39 is 0 Å². The van der Waals surface area contributed by atoms with E-state index in [-0.39, 0.29) is 11.8 Å². The van der Waals surface area contributed by atoms with Crippen LogP contribution in [0.2, 0.25) is 0 Å². The normalized spacial score (nSPS) is 10.9. The minimum atomic E-state index is -0.142. The number of aryl methyl sites for hydroxylation is 1. The molecule has 0 fully saturated rings. The van der Waals surface area contributed by atoms with Crippen molar-refractivity contribution in [1.82, 2.24) is 9.47 Å². The van der Waals surface area contributed by atoms with E-state index in [1.807, 2.05) is 44.2 Å². The van der Waals surface area contributed by atoms with Gasteiger partial charge in [-0.05, 0) is 61.2 Å². The van der Waals surface area contributed by atoms with Crippen molar-refractivity contribution in [3.8, 4) is 5.69 Å². The monoisotopic (exact) mass is 417 g/mol. The standard InChI is InChI=1S/C26H31N3O2/c1-17(2)22-10-8-12-24(15-22)29-18(3)13-25(19(29)4)26(31)27-23-11-7-9-21(14-23)16-28(6)20(5)30/h7-15,17H,16H2,1-6H3,(H,27,31). The van der Waals surface area contributed by atoms with Gasteiger partial charge in [0.05, 0.1) is 5.56 Å². The molecule has 0 saturated heterocycles. The number of nitrogens with one attached hydrogen (secondary N) is 1. The lowest BCUT2D eigenvalue weighted by Gasteiger charge is -2.15. The molecular formula is C26H31N3O2. The van der Waals surface area contributed by atoms with Gasteiger partial charge in [0.1, 0.15) is 0 Å². The molecule has 0 aliphatic heterocycles. The van der Waals surface area contributed by atoms with E-state index in [1.165, 1.54) is 12.5 Å². The highest BCUT2D eigenvalue weighted by Gasteiger charge is 2.17. The van der Waals surface area contributed by atoms with Crippen LogP contribution in [-0.2, 0) is 11.3 Å². The van der Waals surface area contributed by atoms with Crippen molar-refractivity contribution in [2.75, 3.05) is 12.4 Å². The molecule has 1 N–H and O–H groups in total. The van der Waals surface area contributed by atoms with Gasteiger partial charge < -0.3 is 14.8 Å². The van der Waals surface area contributed by atoms with E-state index in [0.29, 0.717) is 23.7 Å². The average Bonchev–Trinajstić information content (AvgIpc) is 3.02. The highest BCUT2D eigenvalue weighted by atomic mass is 16.2. The SMILES string of the molecule is CC(=O)N(C)Cc1cccc(NC(=O)c2cc(C)n(-c3cccc(C(C)C)c3)c2C)c1. The van der Waals surface area contributed by atoms with Gasteiger partial charge in [0, 0.05) is 43.3 Å². The van der Waals surface area contributed by atoms with E-state index in [0.717, 1.165) is 22.6 Å². The molecule has 0 aliphatic carbocycles. The number of hydrogen-bond acceptors (Lipinski definition) is 2. The molecule has 0 bridgehead atoms. The fourth-order valence-corrected chi connectivity index (χ4v) is 3.74. The number of carbonyl (C=O) groups is 2. The second-order valence-corrected chi connectivity index (χ2v) is 8.40. The maximum atomic E-state index is 13.1. The summed E-state index contributed by atoms with van der Waals surface area (Å²) in [4.78, 5) is 26.2. The summed E-state index contributed by atoms with van der Waals surface area (Å²) in [5.41, 5.74) is 6.58. The summed E-state index contributed by atoms with van der Waals surface area (Å²) < 4.78 is 2.12. The van der Waals surface area contributed by atoms with Crippen LogP contribution in [0.4, 0.5) is 5.69 Å². The minimum Gasteiger partial charge on any atom is -0.342 e. The Balaban J connectivity index is 1.85. The van der Waals surface area contributed by atoms with Crippen LogP contribution in [0.5, 0.6) is 0 Å². The molecule has 5 heteroatoms. The van der Waals surface area contributed by atoms with Crippen LogP contribution in [0.3, 0.4) is 0 Å². The minimum absolute atomic E-state index is 0.00316. The second kappa shape index (κ2) is 9.21. The number of nitrogens with zero attached hydrogens (tertiary/aromatic N) is 2. The van der Waals surface area contributed by atoms with E-state index in [4.69, 9.17) is 0 Å². The summed E-state index contributed by atoms with van der Waals surface area (Å²) in [7, 11) is 1.76. The number of rotatable bonds is 6. The molecule has 1 aromatic heterocycles. The Morgan fingerprint density at radius 1 is 1.03 bits per heavy atom. The van der Waals surface area contributed by atoms with Crippen molar-refractivity contribution in [3.05, 3.63) is 82.7 Å². The van der Waals surface area contributed by atoms with Gasteiger partial charge in [0.25, 0.3) is 5.91 Å². The zero-order valence-electron chi connectivity index (χ0n) is 19.2. The lowest BCUT2D eigenvalue weighted by molar-refractivity contribution is -0.128. The van der Waals surface area contributed by atoms with Crippen molar-refractivity contribution in [1.29, 1.82) is 0 Å². The Bertz CT molecular complexity index is 1110. The zero-order chi connectivity index (χ0) is 22.7. The highest BCUT2D eigenvalue weighted by Crippen LogP contribution is 2.25. The summed E-state index contributed by atoms with van der Waals surface area (Å²) in [5.74, 6) is 0.299. The summed E-state index contributed by atoms with van der Waals surface area (Å²) in [6.45, 7) is 10.4. The van der Waals surface area contributed by atoms with Gasteiger partial charge in [-0.2, -0.15) is 0 Å². The number of carbonyl (C=O) groups excluding carboxylic acids is 2. The van der Waals surface area contributed by atoms with Gasteiger partial charge in [-0.25, -0.2) is 0 Å². The molecule has 31 heavy (non-hydrogen) atoms. The van der Waals surface area contributed by atoms with Crippen LogP contribution in [0, 0.1) is 13.8 Å². The summed E-state index contributed by atoms with van der Waals surface area (Å²) in [5, 5.41) is 3.01. The Hall–Kier alpha value is -3.34. The third-order valence-electron chi connectivity index (χ3n) is 5.61. The summed E-state index contributed by atoms with van der Waals surface area (Å²) >= 11 is 0. The number of hydrogen-bond donors (Lipinski definition) is 1. The first kappa shape index (κ1) is 22.3. The van der Waals surface area contributed by atoms with Crippen LogP contribution in [-0.4, -0.2) is 28.3 Å². The molecule has 0 radical (unpaired) electrons. The van der Waals surface area contributed by atoms with E-state index >= 15 is 0 Å².